The zero-order valence-electron chi connectivity index (χ0n) is 11.7. The van der Waals surface area contributed by atoms with Crippen LogP contribution in [0, 0.1) is 6.92 Å². The van der Waals surface area contributed by atoms with Crippen LogP contribution in [0.4, 0.5) is 5.69 Å². The van der Waals surface area contributed by atoms with E-state index in [1.54, 1.807) is 28.0 Å². The predicted molar refractivity (Wildman–Crippen MR) is 91.0 cm³/mol. The minimum Gasteiger partial charge on any atom is -0.379 e. The van der Waals surface area contributed by atoms with E-state index >= 15 is 0 Å². The van der Waals surface area contributed by atoms with Gasteiger partial charge < -0.3 is 5.32 Å². The first-order valence-electron chi connectivity index (χ1n) is 6.76. The minimum atomic E-state index is -0.0448. The molecule has 3 aromatic heterocycles. The van der Waals surface area contributed by atoms with Crippen molar-refractivity contribution in [2.24, 2.45) is 0 Å². The van der Waals surface area contributed by atoms with Crippen LogP contribution < -0.4 is 10.9 Å². The molecule has 0 spiro atoms. The van der Waals surface area contributed by atoms with E-state index in [-0.39, 0.29) is 5.56 Å². The molecule has 1 N–H and O–H groups in total. The normalized spacial score (nSPS) is 11.3. The molecule has 0 saturated carbocycles. The number of anilines is 1. The minimum absolute atomic E-state index is 0.0448. The van der Waals surface area contributed by atoms with E-state index < -0.39 is 0 Å². The molecule has 110 valence electrons. The van der Waals surface area contributed by atoms with Crippen molar-refractivity contribution in [3.05, 3.63) is 56.9 Å². The average Bonchev–Trinajstić information content (AvgIpc) is 3.09. The third-order valence-electron chi connectivity index (χ3n) is 3.33. The van der Waals surface area contributed by atoms with Gasteiger partial charge in [0.1, 0.15) is 0 Å². The summed E-state index contributed by atoms with van der Waals surface area (Å²) in [4.78, 5) is 21.6. The van der Waals surface area contributed by atoms with E-state index in [0.717, 1.165) is 31.6 Å². The molecule has 7 heteroatoms. The first-order valence-corrected chi connectivity index (χ1v) is 8.45. The summed E-state index contributed by atoms with van der Waals surface area (Å²) in [7, 11) is 0. The second kappa shape index (κ2) is 5.19. The molecular formula is C15H12N4OS2. The summed E-state index contributed by atoms with van der Waals surface area (Å²) in [5.41, 5.74) is 2.72. The lowest BCUT2D eigenvalue weighted by atomic mass is 10.3. The fourth-order valence-electron chi connectivity index (χ4n) is 2.32. The van der Waals surface area contributed by atoms with Gasteiger partial charge in [-0.2, -0.15) is 0 Å². The van der Waals surface area contributed by atoms with Crippen molar-refractivity contribution in [1.29, 1.82) is 0 Å². The van der Waals surface area contributed by atoms with Crippen molar-refractivity contribution < 1.29 is 0 Å². The number of hydrogen-bond acceptors (Lipinski definition) is 6. The highest BCUT2D eigenvalue weighted by Crippen LogP contribution is 2.24. The van der Waals surface area contributed by atoms with Crippen LogP contribution in [0.2, 0.25) is 0 Å². The van der Waals surface area contributed by atoms with Crippen LogP contribution in [0.3, 0.4) is 0 Å². The Morgan fingerprint density at radius 1 is 1.27 bits per heavy atom. The molecule has 1 aromatic carbocycles. The lowest BCUT2D eigenvalue weighted by molar-refractivity contribution is 0.990. The zero-order chi connectivity index (χ0) is 15.1. The van der Waals surface area contributed by atoms with Gasteiger partial charge in [0.05, 0.1) is 27.5 Å². The fourth-order valence-corrected chi connectivity index (χ4v) is 3.93. The summed E-state index contributed by atoms with van der Waals surface area (Å²) in [5.74, 6) is 0. The fraction of sp³-hybridized carbons (Fsp3) is 0.133. The lowest BCUT2D eigenvalue weighted by Gasteiger charge is -2.06. The van der Waals surface area contributed by atoms with Gasteiger partial charge in [0.2, 0.25) is 0 Å². The number of nitrogens with one attached hydrogen (secondary N) is 1. The quantitative estimate of drug-likeness (QED) is 0.627. The Labute approximate surface area is 133 Å². The van der Waals surface area contributed by atoms with Gasteiger partial charge in [-0.05, 0) is 25.1 Å². The molecule has 3 heterocycles. The Balaban J connectivity index is 1.60. The van der Waals surface area contributed by atoms with Crippen molar-refractivity contribution in [1.82, 2.24) is 14.4 Å². The molecule has 0 bridgehead atoms. The molecule has 0 aliphatic heterocycles. The second-order valence-corrected chi connectivity index (χ2v) is 7.02. The molecule has 0 saturated heterocycles. The van der Waals surface area contributed by atoms with Crippen molar-refractivity contribution in [2.75, 3.05) is 5.32 Å². The number of aromatic nitrogens is 3. The monoisotopic (exact) mass is 328 g/mol. The first-order chi connectivity index (χ1) is 10.7. The molecule has 0 amide bonds. The van der Waals surface area contributed by atoms with Crippen LogP contribution in [-0.4, -0.2) is 14.4 Å². The third-order valence-corrected chi connectivity index (χ3v) is 5.02. The zero-order valence-corrected chi connectivity index (χ0v) is 13.4. The highest BCUT2D eigenvalue weighted by atomic mass is 32.1. The van der Waals surface area contributed by atoms with E-state index in [0.29, 0.717) is 6.54 Å². The number of thiazole rings is 2. The molecule has 0 atom stereocenters. The largest absolute Gasteiger partial charge is 0.379 e. The SMILES string of the molecule is Cc1nc2ccc(NCc3cc(=O)n4ccsc4n3)cc2s1. The maximum atomic E-state index is 11.9. The summed E-state index contributed by atoms with van der Waals surface area (Å²) in [6.45, 7) is 2.53. The lowest BCUT2D eigenvalue weighted by Crippen LogP contribution is -2.14. The van der Waals surface area contributed by atoms with Crippen LogP contribution in [0.25, 0.3) is 15.2 Å². The molecule has 0 fully saturated rings. The van der Waals surface area contributed by atoms with Crippen LogP contribution >= 0.6 is 22.7 Å². The van der Waals surface area contributed by atoms with Gasteiger partial charge >= 0.3 is 0 Å². The Kier molecular flexibility index (Phi) is 3.16. The molecule has 0 unspecified atom stereocenters. The van der Waals surface area contributed by atoms with Gasteiger partial charge in [-0.15, -0.1) is 22.7 Å². The van der Waals surface area contributed by atoms with Gasteiger partial charge in [0, 0.05) is 23.3 Å². The average molecular weight is 328 g/mol. The number of fused-ring (bicyclic) bond motifs is 2. The Bertz CT molecular complexity index is 1030. The first kappa shape index (κ1) is 13.4. The number of hydrogen-bond donors (Lipinski definition) is 1. The van der Waals surface area contributed by atoms with Gasteiger partial charge in [-0.3, -0.25) is 9.20 Å². The highest BCUT2D eigenvalue weighted by molar-refractivity contribution is 7.18. The maximum absolute atomic E-state index is 11.9. The number of nitrogens with zero attached hydrogens (tertiary/aromatic N) is 3. The maximum Gasteiger partial charge on any atom is 0.258 e. The van der Waals surface area contributed by atoms with Crippen molar-refractivity contribution >= 4 is 43.5 Å². The van der Waals surface area contributed by atoms with Gasteiger partial charge in [-0.25, -0.2) is 9.97 Å². The number of benzene rings is 1. The van der Waals surface area contributed by atoms with Crippen LogP contribution in [0.1, 0.15) is 10.7 Å². The summed E-state index contributed by atoms with van der Waals surface area (Å²) in [6, 6.07) is 7.66. The highest BCUT2D eigenvalue weighted by Gasteiger charge is 2.05. The molecule has 0 aliphatic carbocycles. The summed E-state index contributed by atoms with van der Waals surface area (Å²) in [5, 5.41) is 6.24. The van der Waals surface area contributed by atoms with Crippen molar-refractivity contribution in [3.63, 3.8) is 0 Å². The molecule has 4 rings (SSSR count). The number of aryl methyl sites for hydroxylation is 1. The Morgan fingerprint density at radius 3 is 3.09 bits per heavy atom. The van der Waals surface area contributed by atoms with Crippen LogP contribution in [-0.2, 0) is 6.54 Å². The van der Waals surface area contributed by atoms with Crippen molar-refractivity contribution in [2.45, 2.75) is 13.5 Å². The Hall–Kier alpha value is -2.25. The van der Waals surface area contributed by atoms with Gasteiger partial charge in [0.15, 0.2) is 4.96 Å². The molecule has 0 radical (unpaired) electrons. The predicted octanol–water partition coefficient (Wildman–Crippen LogP) is 3.29. The smallest absolute Gasteiger partial charge is 0.258 e. The molecule has 22 heavy (non-hydrogen) atoms. The summed E-state index contributed by atoms with van der Waals surface area (Å²) in [6.07, 6.45) is 1.74. The standard InChI is InChI=1S/C15H12N4OS2/c1-9-17-12-3-2-10(6-13(12)22-9)16-8-11-7-14(20)19-4-5-21-15(19)18-11/h2-7,16H,8H2,1H3. The number of rotatable bonds is 3. The molecule has 4 aromatic rings. The summed E-state index contributed by atoms with van der Waals surface area (Å²) >= 11 is 3.13. The van der Waals surface area contributed by atoms with E-state index in [2.05, 4.69) is 21.4 Å². The van der Waals surface area contributed by atoms with E-state index in [1.807, 2.05) is 24.4 Å². The molecule has 5 nitrogen and oxygen atoms in total. The summed E-state index contributed by atoms with van der Waals surface area (Å²) < 4.78 is 2.71. The Morgan fingerprint density at radius 2 is 2.18 bits per heavy atom. The topological polar surface area (TPSA) is 59.3 Å². The third kappa shape index (κ3) is 2.38. The van der Waals surface area contributed by atoms with Gasteiger partial charge in [0.25, 0.3) is 5.56 Å². The van der Waals surface area contributed by atoms with Gasteiger partial charge in [-0.1, -0.05) is 0 Å². The van der Waals surface area contributed by atoms with E-state index in [9.17, 15) is 4.79 Å². The molecule has 0 aliphatic rings. The van der Waals surface area contributed by atoms with E-state index in [4.69, 9.17) is 0 Å². The second-order valence-electron chi connectivity index (χ2n) is 4.91. The van der Waals surface area contributed by atoms with E-state index in [1.165, 1.54) is 11.3 Å². The van der Waals surface area contributed by atoms with Crippen LogP contribution in [0.5, 0.6) is 0 Å². The molecular weight excluding hydrogens is 316 g/mol. The van der Waals surface area contributed by atoms with Crippen molar-refractivity contribution in [3.8, 4) is 0 Å². The van der Waals surface area contributed by atoms with Crippen LogP contribution in [0.15, 0.2) is 40.6 Å².